The Morgan fingerprint density at radius 1 is 1.18 bits per heavy atom. The van der Waals surface area contributed by atoms with E-state index in [4.69, 9.17) is 33.2 Å². The molecule has 0 spiro atoms. The normalized spacial score (nSPS) is 30.7. The highest BCUT2D eigenvalue weighted by molar-refractivity contribution is 8.00. The van der Waals surface area contributed by atoms with Crippen molar-refractivity contribution in [2.75, 3.05) is 33.7 Å². The minimum atomic E-state index is -1.07. The number of rotatable bonds is 13. The molecule has 11 heteroatoms. The van der Waals surface area contributed by atoms with Crippen LogP contribution >= 0.6 is 11.8 Å². The smallest absolute Gasteiger partial charge is 0.410 e. The molecule has 2 aliphatic heterocycles. The first-order valence-corrected chi connectivity index (χ1v) is 16.1. The third-order valence-electron chi connectivity index (χ3n) is 8.37. The minimum absolute atomic E-state index is 0.103. The summed E-state index contributed by atoms with van der Waals surface area (Å²) in [6, 6.07) is 13.7. The maximum atomic E-state index is 12.9. The molecule has 0 aliphatic carbocycles. The molecule has 1 amide bonds. The maximum absolute atomic E-state index is 12.9. The topological polar surface area (TPSA) is 102 Å². The third-order valence-corrected chi connectivity index (χ3v) is 9.73. The van der Waals surface area contributed by atoms with Crippen molar-refractivity contribution in [3.05, 3.63) is 60.7 Å². The van der Waals surface area contributed by atoms with Gasteiger partial charge in [0.1, 0.15) is 29.8 Å². The lowest BCUT2D eigenvalue weighted by Gasteiger charge is -2.51. The Hall–Kier alpha value is -2.51. The summed E-state index contributed by atoms with van der Waals surface area (Å²) in [5.41, 5.74) is 0.963. The van der Waals surface area contributed by atoms with Gasteiger partial charge in [-0.2, -0.15) is 0 Å². The Morgan fingerprint density at radius 3 is 2.57 bits per heavy atom. The van der Waals surface area contributed by atoms with Crippen molar-refractivity contribution in [1.82, 2.24) is 4.90 Å². The van der Waals surface area contributed by atoms with Gasteiger partial charge >= 0.3 is 6.09 Å². The van der Waals surface area contributed by atoms with E-state index >= 15 is 0 Å². The Labute approximate surface area is 264 Å². The zero-order chi connectivity index (χ0) is 31.9. The van der Waals surface area contributed by atoms with Crippen LogP contribution in [0.25, 0.3) is 10.8 Å². The third kappa shape index (κ3) is 7.31. The number of carbonyl (C=O) groups is 2. The second-order valence-corrected chi connectivity index (χ2v) is 12.4. The molecule has 2 aromatic carbocycles. The Bertz CT molecular complexity index is 1260. The van der Waals surface area contributed by atoms with Crippen LogP contribution in [0.1, 0.15) is 32.8 Å². The number of aldehydes is 1. The molecule has 0 N–H and O–H groups in total. The number of thioether (sulfide) groups is 1. The van der Waals surface area contributed by atoms with Crippen LogP contribution in [0.5, 0.6) is 0 Å². The largest absolute Gasteiger partial charge is 0.445 e. The number of nitrogens with zero attached hydrogens (tertiary/aromatic N) is 1. The van der Waals surface area contributed by atoms with Gasteiger partial charge in [0.25, 0.3) is 0 Å². The van der Waals surface area contributed by atoms with Gasteiger partial charge in [-0.1, -0.05) is 49.1 Å². The van der Waals surface area contributed by atoms with E-state index in [2.05, 4.69) is 30.8 Å². The van der Waals surface area contributed by atoms with Crippen LogP contribution in [0.15, 0.2) is 55.1 Å². The molecule has 0 radical (unpaired) electrons. The fourth-order valence-electron chi connectivity index (χ4n) is 6.02. The lowest BCUT2D eigenvalue weighted by Crippen LogP contribution is -2.67. The van der Waals surface area contributed by atoms with E-state index in [-0.39, 0.29) is 25.9 Å². The predicted molar refractivity (Wildman–Crippen MR) is 169 cm³/mol. The average molecular weight is 632 g/mol. The lowest BCUT2D eigenvalue weighted by molar-refractivity contribution is -0.323. The zero-order valence-electron chi connectivity index (χ0n) is 26.4. The number of methoxy groups -OCH3 is 2. The molecule has 2 heterocycles. The molecule has 4 rings (SSSR count). The number of hydrogen-bond acceptors (Lipinski definition) is 10. The van der Waals surface area contributed by atoms with E-state index in [1.807, 2.05) is 45.2 Å². The molecular formula is C33H45NO9S. The first-order valence-electron chi connectivity index (χ1n) is 14.9. The number of carbonyl (C=O) groups excluding carboxylic acids is 2. The van der Waals surface area contributed by atoms with Gasteiger partial charge in [-0.3, -0.25) is 4.90 Å². The van der Waals surface area contributed by atoms with Crippen molar-refractivity contribution in [3.63, 3.8) is 0 Å². The second kappa shape index (κ2) is 15.7. The van der Waals surface area contributed by atoms with Crippen molar-refractivity contribution >= 4 is 34.9 Å². The first-order chi connectivity index (χ1) is 21.2. The molecule has 0 bridgehead atoms. The lowest BCUT2D eigenvalue weighted by atomic mass is 9.89. The van der Waals surface area contributed by atoms with Crippen molar-refractivity contribution in [3.8, 4) is 0 Å². The Balaban J connectivity index is 1.56. The summed E-state index contributed by atoms with van der Waals surface area (Å²) in [7, 11) is 3.13. The molecule has 0 unspecified atom stereocenters. The van der Waals surface area contributed by atoms with Crippen molar-refractivity contribution in [2.24, 2.45) is 0 Å². The van der Waals surface area contributed by atoms with E-state index < -0.39 is 53.9 Å². The summed E-state index contributed by atoms with van der Waals surface area (Å²) in [5, 5.41) is 2.23. The van der Waals surface area contributed by atoms with Gasteiger partial charge in [-0.25, -0.2) is 4.79 Å². The predicted octanol–water partition coefficient (Wildman–Crippen LogP) is 4.97. The van der Waals surface area contributed by atoms with Crippen LogP contribution in [-0.4, -0.2) is 105 Å². The quantitative estimate of drug-likeness (QED) is 0.223. The van der Waals surface area contributed by atoms with Crippen LogP contribution in [0, 0.1) is 0 Å². The molecule has 2 saturated heterocycles. The maximum Gasteiger partial charge on any atom is 0.410 e. The van der Waals surface area contributed by atoms with Crippen LogP contribution in [0.4, 0.5) is 4.79 Å². The van der Waals surface area contributed by atoms with E-state index in [1.54, 1.807) is 12.0 Å². The molecular weight excluding hydrogens is 586 g/mol. The van der Waals surface area contributed by atoms with E-state index in [0.717, 1.165) is 22.6 Å². The molecule has 0 aromatic heterocycles. The molecule has 44 heavy (non-hydrogen) atoms. The van der Waals surface area contributed by atoms with Gasteiger partial charge in [0.2, 0.25) is 0 Å². The van der Waals surface area contributed by atoms with E-state index in [9.17, 15) is 9.59 Å². The fourth-order valence-corrected chi connectivity index (χ4v) is 6.94. The van der Waals surface area contributed by atoms with Crippen molar-refractivity contribution in [1.29, 1.82) is 0 Å². The highest BCUT2D eigenvalue weighted by atomic mass is 32.2. The highest BCUT2D eigenvalue weighted by Crippen LogP contribution is 2.42. The molecule has 0 saturated carbocycles. The number of benzene rings is 2. The summed E-state index contributed by atoms with van der Waals surface area (Å²) in [4.78, 5) is 27.3. The SMILES string of the molecule is C=CCOC(=O)N(C(C)C)[C@H]1CO[C@@H](O[C@H]2[C@@H](OC)O[C@H](C)[C@](C=O)(SC)[C@@H]2OCc2ccc3ccccc3c2)C[C@@H]1OC. The van der Waals surface area contributed by atoms with E-state index in [1.165, 1.54) is 24.9 Å². The fraction of sp³-hybridized carbons (Fsp3) is 0.576. The van der Waals surface area contributed by atoms with Crippen LogP contribution < -0.4 is 0 Å². The average Bonchev–Trinajstić information content (AvgIpc) is 3.03. The Morgan fingerprint density at radius 2 is 1.93 bits per heavy atom. The molecule has 242 valence electrons. The zero-order valence-corrected chi connectivity index (χ0v) is 27.2. The van der Waals surface area contributed by atoms with Crippen LogP contribution in [-0.2, 0) is 44.6 Å². The van der Waals surface area contributed by atoms with Gasteiger partial charge in [0, 0.05) is 26.7 Å². The molecule has 10 nitrogen and oxygen atoms in total. The number of fused-ring (bicyclic) bond motifs is 1. The van der Waals surface area contributed by atoms with Crippen LogP contribution in [0.2, 0.25) is 0 Å². The van der Waals surface area contributed by atoms with Gasteiger partial charge in [0.15, 0.2) is 12.6 Å². The number of ether oxygens (including phenoxy) is 7. The van der Waals surface area contributed by atoms with Crippen molar-refractivity contribution < 1.29 is 42.7 Å². The van der Waals surface area contributed by atoms with E-state index in [0.29, 0.717) is 6.42 Å². The van der Waals surface area contributed by atoms with Gasteiger partial charge in [-0.05, 0) is 49.4 Å². The van der Waals surface area contributed by atoms with Crippen molar-refractivity contribution in [2.45, 2.75) is 87.6 Å². The summed E-state index contributed by atoms with van der Waals surface area (Å²) in [6.45, 7) is 9.78. The number of hydrogen-bond donors (Lipinski definition) is 0. The molecule has 2 aromatic rings. The standard InChI is InChI=1S/C33H45NO9S/c1-8-15-39-32(36)34(21(2)3)26-19-40-28(17-27(26)37-5)43-29-30(33(20-35,44-7)22(4)42-31(29)38-6)41-18-23-13-14-24-11-9-10-12-25(24)16-23/h8-14,16,20-22,26-31H,1,15,17-19H2,2-7H3/t22-,26+,27+,28+,29-,30-,31+,33+/m1/s1. The first kappa shape index (κ1) is 34.4. The molecule has 8 atom stereocenters. The molecule has 2 fully saturated rings. The summed E-state index contributed by atoms with van der Waals surface area (Å²) < 4.78 is 41.4. The van der Waals surface area contributed by atoms with Gasteiger partial charge < -0.3 is 38.0 Å². The van der Waals surface area contributed by atoms with Crippen LogP contribution in [0.3, 0.4) is 0 Å². The second-order valence-electron chi connectivity index (χ2n) is 11.3. The summed E-state index contributed by atoms with van der Waals surface area (Å²) >= 11 is 1.36. The van der Waals surface area contributed by atoms with Gasteiger partial charge in [0.05, 0.1) is 31.5 Å². The number of amides is 1. The monoisotopic (exact) mass is 631 g/mol. The summed E-state index contributed by atoms with van der Waals surface area (Å²) in [5.74, 6) is 0. The molecule has 2 aliphatic rings. The highest BCUT2D eigenvalue weighted by Gasteiger charge is 2.57. The van der Waals surface area contributed by atoms with Gasteiger partial charge in [-0.15, -0.1) is 11.8 Å². The summed E-state index contributed by atoms with van der Waals surface area (Å²) in [6.07, 6.45) is 0.0648. The Kier molecular flexibility index (Phi) is 12.2. The minimum Gasteiger partial charge on any atom is -0.445 e.